The maximum Gasteiger partial charge on any atom is 0.301 e. The molecule has 1 N–H and O–H groups in total. The number of hydrazone groups is 1. The van der Waals surface area contributed by atoms with Gasteiger partial charge >= 0.3 is 5.69 Å². The van der Waals surface area contributed by atoms with Crippen LogP contribution in [0.2, 0.25) is 0 Å². The van der Waals surface area contributed by atoms with Gasteiger partial charge in [-0.2, -0.15) is 5.10 Å². The summed E-state index contributed by atoms with van der Waals surface area (Å²) in [4.78, 5) is 32.8. The SMILES string of the molecule is CC12C/C(=N\Nc3ccc([N+](=O)[O-])cc3[N+](=O)[O-])C(CC1=O)C2(C)C. The second-order valence-electron chi connectivity index (χ2n) is 7.34. The average Bonchev–Trinajstić information content (AvgIpc) is 2.83. The standard InChI is InChI=1S/C16H18N4O5/c1-15(2)10-7-14(21)16(15,3)8-12(10)18-17-11-5-4-9(19(22)23)6-13(11)20(24)25/h4-6,10,17H,7-8H2,1-3H3/b18-12+. The molecule has 0 radical (unpaired) electrons. The molecule has 0 heterocycles. The molecule has 3 rings (SSSR count). The van der Waals surface area contributed by atoms with Crippen molar-refractivity contribution in [1.82, 2.24) is 0 Å². The average molecular weight is 346 g/mol. The molecule has 0 aromatic heterocycles. The van der Waals surface area contributed by atoms with Crippen LogP contribution in [0.5, 0.6) is 0 Å². The maximum absolute atomic E-state index is 12.2. The van der Waals surface area contributed by atoms with Crippen LogP contribution in [0.1, 0.15) is 33.6 Å². The Morgan fingerprint density at radius 2 is 1.88 bits per heavy atom. The Morgan fingerprint density at radius 1 is 1.20 bits per heavy atom. The van der Waals surface area contributed by atoms with Crippen molar-refractivity contribution < 1.29 is 14.6 Å². The molecule has 2 fully saturated rings. The Balaban J connectivity index is 1.90. The Labute approximate surface area is 143 Å². The van der Waals surface area contributed by atoms with Crippen molar-refractivity contribution in [2.75, 3.05) is 5.43 Å². The second kappa shape index (κ2) is 5.33. The van der Waals surface area contributed by atoms with Crippen LogP contribution in [0.25, 0.3) is 0 Å². The van der Waals surface area contributed by atoms with Crippen LogP contribution in [-0.4, -0.2) is 21.3 Å². The van der Waals surface area contributed by atoms with Gasteiger partial charge in [0.25, 0.3) is 5.69 Å². The van der Waals surface area contributed by atoms with Crippen molar-refractivity contribution >= 4 is 28.6 Å². The molecule has 2 atom stereocenters. The first-order valence-electron chi connectivity index (χ1n) is 7.86. The van der Waals surface area contributed by atoms with Gasteiger partial charge in [-0.15, -0.1) is 0 Å². The first kappa shape index (κ1) is 17.0. The van der Waals surface area contributed by atoms with Crippen molar-refractivity contribution in [3.8, 4) is 0 Å². The molecular weight excluding hydrogens is 328 g/mol. The van der Waals surface area contributed by atoms with Gasteiger partial charge in [-0.1, -0.05) is 20.8 Å². The smallest absolute Gasteiger partial charge is 0.299 e. The van der Waals surface area contributed by atoms with E-state index in [-0.39, 0.29) is 28.5 Å². The van der Waals surface area contributed by atoms with Gasteiger partial charge in [0.15, 0.2) is 0 Å². The molecule has 1 aromatic rings. The number of ketones is 1. The number of Topliss-reactive ketones (excluding diaryl/α,β-unsaturated/α-hetero) is 1. The van der Waals surface area contributed by atoms with E-state index in [2.05, 4.69) is 10.5 Å². The van der Waals surface area contributed by atoms with Crippen molar-refractivity contribution in [3.05, 3.63) is 38.4 Å². The topological polar surface area (TPSA) is 128 Å². The lowest BCUT2D eigenvalue weighted by Crippen LogP contribution is -2.32. The van der Waals surface area contributed by atoms with E-state index in [4.69, 9.17) is 0 Å². The van der Waals surface area contributed by atoms with Crippen LogP contribution in [0.15, 0.2) is 23.3 Å². The van der Waals surface area contributed by atoms with Gasteiger partial charge in [0.1, 0.15) is 11.5 Å². The van der Waals surface area contributed by atoms with E-state index in [1.807, 2.05) is 20.8 Å². The number of carbonyl (C=O) groups excluding carboxylic acids is 1. The van der Waals surface area contributed by atoms with Crippen molar-refractivity contribution in [2.24, 2.45) is 21.8 Å². The van der Waals surface area contributed by atoms with E-state index in [0.717, 1.165) is 11.8 Å². The van der Waals surface area contributed by atoms with Gasteiger partial charge in [-0.25, -0.2) is 0 Å². The lowest BCUT2D eigenvalue weighted by atomic mass is 9.70. The molecule has 132 valence electrons. The number of nitrogens with zero attached hydrogens (tertiary/aromatic N) is 3. The molecule has 0 saturated heterocycles. The molecule has 2 saturated carbocycles. The van der Waals surface area contributed by atoms with Crippen molar-refractivity contribution in [1.29, 1.82) is 0 Å². The largest absolute Gasteiger partial charge is 0.301 e. The van der Waals surface area contributed by atoms with Crippen LogP contribution in [-0.2, 0) is 4.79 Å². The number of nitro benzene ring substituents is 2. The van der Waals surface area contributed by atoms with Crippen LogP contribution >= 0.6 is 0 Å². The third kappa shape index (κ3) is 2.38. The zero-order valence-electron chi connectivity index (χ0n) is 14.1. The Bertz CT molecular complexity index is 832. The molecule has 25 heavy (non-hydrogen) atoms. The minimum atomic E-state index is -0.689. The monoisotopic (exact) mass is 346 g/mol. The third-order valence-electron chi connectivity index (χ3n) is 5.94. The molecule has 0 amide bonds. The molecule has 0 aliphatic heterocycles. The molecule has 9 nitrogen and oxygen atoms in total. The summed E-state index contributed by atoms with van der Waals surface area (Å²) in [5.74, 6) is 0.220. The summed E-state index contributed by atoms with van der Waals surface area (Å²) < 4.78 is 0. The number of fused-ring (bicyclic) bond motifs is 2. The number of hydrogen-bond acceptors (Lipinski definition) is 7. The number of hydrogen-bond donors (Lipinski definition) is 1. The zero-order valence-corrected chi connectivity index (χ0v) is 14.1. The van der Waals surface area contributed by atoms with Gasteiger partial charge in [0, 0.05) is 36.0 Å². The molecule has 2 unspecified atom stereocenters. The van der Waals surface area contributed by atoms with E-state index in [1.165, 1.54) is 12.1 Å². The predicted molar refractivity (Wildman–Crippen MR) is 90.4 cm³/mol. The fourth-order valence-electron chi connectivity index (χ4n) is 3.88. The molecule has 1 aromatic carbocycles. The molecule has 9 heteroatoms. The lowest BCUT2D eigenvalue weighted by Gasteiger charge is -2.31. The molecule has 2 bridgehead atoms. The van der Waals surface area contributed by atoms with E-state index in [1.54, 1.807) is 0 Å². The lowest BCUT2D eigenvalue weighted by molar-refractivity contribution is -0.393. The Kier molecular flexibility index (Phi) is 3.63. The summed E-state index contributed by atoms with van der Waals surface area (Å²) in [5.41, 5.74) is 2.10. The van der Waals surface area contributed by atoms with Gasteiger partial charge in [0.2, 0.25) is 0 Å². The molecular formula is C16H18N4O5. The number of non-ortho nitro benzene ring substituents is 1. The summed E-state index contributed by atoms with van der Waals surface area (Å²) in [6.07, 6.45) is 0.934. The first-order valence-corrected chi connectivity index (χ1v) is 7.86. The quantitative estimate of drug-likeness (QED) is 0.658. The predicted octanol–water partition coefficient (Wildman–Crippen LogP) is 3.30. The van der Waals surface area contributed by atoms with Crippen molar-refractivity contribution in [3.63, 3.8) is 0 Å². The fraction of sp³-hybridized carbons (Fsp3) is 0.500. The molecule has 2 aliphatic rings. The number of anilines is 1. The number of rotatable bonds is 4. The van der Waals surface area contributed by atoms with Crippen LogP contribution < -0.4 is 5.43 Å². The van der Waals surface area contributed by atoms with Crippen LogP contribution in [0.3, 0.4) is 0 Å². The minimum absolute atomic E-state index is 0.00500. The highest BCUT2D eigenvalue weighted by Crippen LogP contribution is 2.62. The van der Waals surface area contributed by atoms with Gasteiger partial charge in [-0.05, 0) is 11.5 Å². The summed E-state index contributed by atoms with van der Waals surface area (Å²) >= 11 is 0. The highest BCUT2D eigenvalue weighted by Gasteiger charge is 2.64. The Hall–Kier alpha value is -2.84. The number of nitro groups is 2. The summed E-state index contributed by atoms with van der Waals surface area (Å²) in [6.45, 7) is 6.02. The summed E-state index contributed by atoms with van der Waals surface area (Å²) in [7, 11) is 0. The normalized spacial score (nSPS) is 28.4. The van der Waals surface area contributed by atoms with E-state index in [0.29, 0.717) is 12.8 Å². The maximum atomic E-state index is 12.2. The molecule has 0 spiro atoms. The molecule has 2 aliphatic carbocycles. The van der Waals surface area contributed by atoms with Gasteiger partial charge in [0.05, 0.1) is 15.9 Å². The summed E-state index contributed by atoms with van der Waals surface area (Å²) in [6, 6.07) is 3.36. The summed E-state index contributed by atoms with van der Waals surface area (Å²) in [5, 5.41) is 26.3. The van der Waals surface area contributed by atoms with Crippen LogP contribution in [0.4, 0.5) is 17.1 Å². The number of benzene rings is 1. The second-order valence-corrected chi connectivity index (χ2v) is 7.34. The highest BCUT2D eigenvalue weighted by molar-refractivity contribution is 6.06. The van der Waals surface area contributed by atoms with E-state index in [9.17, 15) is 25.0 Å². The highest BCUT2D eigenvalue weighted by atomic mass is 16.6. The zero-order chi connectivity index (χ0) is 18.6. The number of carbonyl (C=O) groups is 1. The third-order valence-corrected chi connectivity index (χ3v) is 5.94. The van der Waals surface area contributed by atoms with Crippen LogP contribution in [0, 0.1) is 37.0 Å². The van der Waals surface area contributed by atoms with Gasteiger partial charge < -0.3 is 0 Å². The first-order chi connectivity index (χ1) is 11.6. The number of nitrogens with one attached hydrogen (secondary N) is 1. The fourth-order valence-corrected chi connectivity index (χ4v) is 3.88. The van der Waals surface area contributed by atoms with Crippen molar-refractivity contribution in [2.45, 2.75) is 33.6 Å². The minimum Gasteiger partial charge on any atom is -0.299 e. The van der Waals surface area contributed by atoms with Gasteiger partial charge in [-0.3, -0.25) is 30.4 Å². The van der Waals surface area contributed by atoms with E-state index >= 15 is 0 Å². The van der Waals surface area contributed by atoms with E-state index < -0.39 is 20.9 Å². The Morgan fingerprint density at radius 3 is 2.36 bits per heavy atom.